The number of amides is 1. The lowest BCUT2D eigenvalue weighted by molar-refractivity contribution is -0.144. The molecule has 2 aromatic carbocycles. The minimum absolute atomic E-state index is 0.0608. The first-order chi connectivity index (χ1) is 13.1. The van der Waals surface area contributed by atoms with Gasteiger partial charge < -0.3 is 14.4 Å². The van der Waals surface area contributed by atoms with Gasteiger partial charge in [-0.05, 0) is 31.5 Å². The fourth-order valence-electron chi connectivity index (χ4n) is 3.55. The minimum atomic E-state index is -0.657. The SMILES string of the molecule is CC1Oc2ccccc2OC1C(=O)N1CCSC(c2ccccc2F)CC1. The largest absolute Gasteiger partial charge is 0.482 e. The second-order valence-electron chi connectivity index (χ2n) is 6.80. The second kappa shape index (κ2) is 7.80. The molecule has 2 heterocycles. The zero-order valence-electron chi connectivity index (χ0n) is 15.1. The predicted molar refractivity (Wildman–Crippen MR) is 104 cm³/mol. The third-order valence-corrected chi connectivity index (χ3v) is 6.30. The zero-order valence-corrected chi connectivity index (χ0v) is 16.0. The number of halogens is 1. The predicted octanol–water partition coefficient (Wildman–Crippen LogP) is 4.06. The van der Waals surface area contributed by atoms with Crippen molar-refractivity contribution in [3.8, 4) is 11.5 Å². The molecule has 0 aromatic heterocycles. The topological polar surface area (TPSA) is 38.8 Å². The lowest BCUT2D eigenvalue weighted by Gasteiger charge is -2.34. The lowest BCUT2D eigenvalue weighted by atomic mass is 10.1. The van der Waals surface area contributed by atoms with Crippen molar-refractivity contribution in [1.82, 2.24) is 4.90 Å². The molecule has 3 unspecified atom stereocenters. The highest BCUT2D eigenvalue weighted by atomic mass is 32.2. The standard InChI is InChI=1S/C21H22FNO3S/c1-14-20(26-18-9-5-4-8-17(18)25-14)21(24)23-11-10-19(27-13-12-23)15-6-2-3-7-16(15)22/h2-9,14,19-20H,10-13H2,1H3. The van der Waals surface area contributed by atoms with Gasteiger partial charge in [-0.1, -0.05) is 30.3 Å². The van der Waals surface area contributed by atoms with E-state index in [1.807, 2.05) is 48.2 Å². The van der Waals surface area contributed by atoms with Gasteiger partial charge in [0.1, 0.15) is 11.9 Å². The Morgan fingerprint density at radius 3 is 2.56 bits per heavy atom. The molecule has 0 radical (unpaired) electrons. The Kier molecular flexibility index (Phi) is 5.25. The summed E-state index contributed by atoms with van der Waals surface area (Å²) >= 11 is 1.70. The minimum Gasteiger partial charge on any atom is -0.482 e. The van der Waals surface area contributed by atoms with E-state index in [-0.39, 0.29) is 23.1 Å². The molecule has 1 saturated heterocycles. The zero-order chi connectivity index (χ0) is 18.8. The van der Waals surface area contributed by atoms with E-state index in [1.54, 1.807) is 17.8 Å². The van der Waals surface area contributed by atoms with Gasteiger partial charge in [0, 0.05) is 29.7 Å². The number of ether oxygens (including phenoxy) is 2. The molecular weight excluding hydrogens is 365 g/mol. The lowest BCUT2D eigenvalue weighted by Crippen LogP contribution is -2.51. The third kappa shape index (κ3) is 3.76. The van der Waals surface area contributed by atoms with Gasteiger partial charge in [-0.2, -0.15) is 11.8 Å². The summed E-state index contributed by atoms with van der Waals surface area (Å²) in [5.41, 5.74) is 0.719. The van der Waals surface area contributed by atoms with Crippen LogP contribution in [0.4, 0.5) is 4.39 Å². The Hall–Kier alpha value is -2.21. The Morgan fingerprint density at radius 2 is 1.78 bits per heavy atom. The van der Waals surface area contributed by atoms with E-state index in [0.717, 1.165) is 17.7 Å². The Bertz CT molecular complexity index is 831. The molecule has 3 atom stereocenters. The Balaban J connectivity index is 1.45. The van der Waals surface area contributed by atoms with Crippen molar-refractivity contribution >= 4 is 17.7 Å². The molecule has 2 aliphatic heterocycles. The fraction of sp³-hybridized carbons (Fsp3) is 0.381. The number of hydrogen-bond donors (Lipinski definition) is 0. The summed E-state index contributed by atoms with van der Waals surface area (Å²) < 4.78 is 25.9. The maximum atomic E-state index is 14.1. The van der Waals surface area contributed by atoms with E-state index in [9.17, 15) is 9.18 Å². The average Bonchev–Trinajstić information content (AvgIpc) is 2.93. The highest BCUT2D eigenvalue weighted by molar-refractivity contribution is 7.99. The van der Waals surface area contributed by atoms with Gasteiger partial charge in [-0.3, -0.25) is 4.79 Å². The summed E-state index contributed by atoms with van der Waals surface area (Å²) in [7, 11) is 0. The third-order valence-electron chi connectivity index (χ3n) is 4.99. The molecule has 0 saturated carbocycles. The van der Waals surface area contributed by atoms with Crippen LogP contribution in [-0.4, -0.2) is 41.9 Å². The van der Waals surface area contributed by atoms with Crippen molar-refractivity contribution in [2.24, 2.45) is 0 Å². The van der Waals surface area contributed by atoms with E-state index in [0.29, 0.717) is 24.6 Å². The van der Waals surface area contributed by atoms with Crippen molar-refractivity contribution < 1.29 is 18.7 Å². The molecule has 4 rings (SSSR count). The molecule has 27 heavy (non-hydrogen) atoms. The Labute approximate surface area is 162 Å². The first-order valence-electron chi connectivity index (χ1n) is 9.20. The molecule has 4 nitrogen and oxygen atoms in total. The quantitative estimate of drug-likeness (QED) is 0.779. The van der Waals surface area contributed by atoms with Crippen molar-refractivity contribution in [3.05, 3.63) is 59.9 Å². The second-order valence-corrected chi connectivity index (χ2v) is 8.11. The summed E-state index contributed by atoms with van der Waals surface area (Å²) in [6, 6.07) is 14.3. The number of rotatable bonds is 2. The summed E-state index contributed by atoms with van der Waals surface area (Å²) in [6.45, 7) is 3.06. The summed E-state index contributed by atoms with van der Waals surface area (Å²) in [4.78, 5) is 14.9. The van der Waals surface area contributed by atoms with Crippen LogP contribution in [0.5, 0.6) is 11.5 Å². The molecule has 6 heteroatoms. The normalized spacial score (nSPS) is 25.0. The molecule has 0 bridgehead atoms. The van der Waals surface area contributed by atoms with Gasteiger partial charge in [-0.25, -0.2) is 4.39 Å². The molecule has 0 N–H and O–H groups in total. The first kappa shape index (κ1) is 18.2. The number of carbonyl (C=O) groups excluding carboxylic acids is 1. The molecule has 0 aliphatic carbocycles. The summed E-state index contributed by atoms with van der Waals surface area (Å²) in [6.07, 6.45) is -0.295. The number of hydrogen-bond acceptors (Lipinski definition) is 4. The van der Waals surface area contributed by atoms with Crippen molar-refractivity contribution in [2.45, 2.75) is 30.8 Å². The number of benzene rings is 2. The van der Waals surface area contributed by atoms with Crippen LogP contribution in [0.2, 0.25) is 0 Å². The van der Waals surface area contributed by atoms with Gasteiger partial charge in [0.15, 0.2) is 11.5 Å². The van der Waals surface area contributed by atoms with Gasteiger partial charge in [-0.15, -0.1) is 0 Å². The van der Waals surface area contributed by atoms with Crippen LogP contribution in [0.15, 0.2) is 48.5 Å². The smallest absolute Gasteiger partial charge is 0.267 e. The summed E-state index contributed by atoms with van der Waals surface area (Å²) in [5.74, 6) is 1.79. The van der Waals surface area contributed by atoms with Crippen LogP contribution < -0.4 is 9.47 Å². The van der Waals surface area contributed by atoms with E-state index in [2.05, 4.69) is 0 Å². The molecular formula is C21H22FNO3S. The number of carbonyl (C=O) groups is 1. The van der Waals surface area contributed by atoms with Gasteiger partial charge in [0.05, 0.1) is 0 Å². The monoisotopic (exact) mass is 387 g/mol. The highest BCUT2D eigenvalue weighted by Gasteiger charge is 2.37. The highest BCUT2D eigenvalue weighted by Crippen LogP contribution is 2.37. The fourth-order valence-corrected chi connectivity index (χ4v) is 4.80. The number of nitrogens with zero attached hydrogens (tertiary/aromatic N) is 1. The van der Waals surface area contributed by atoms with Crippen LogP contribution in [0.25, 0.3) is 0 Å². The maximum absolute atomic E-state index is 14.1. The molecule has 2 aromatic rings. The molecule has 0 spiro atoms. The van der Waals surface area contributed by atoms with Gasteiger partial charge in [0.25, 0.3) is 5.91 Å². The van der Waals surface area contributed by atoms with Gasteiger partial charge in [0.2, 0.25) is 6.10 Å². The number of fused-ring (bicyclic) bond motifs is 1. The molecule has 142 valence electrons. The van der Waals surface area contributed by atoms with Crippen LogP contribution >= 0.6 is 11.8 Å². The average molecular weight is 387 g/mol. The van der Waals surface area contributed by atoms with Crippen LogP contribution in [0.1, 0.15) is 24.2 Å². The van der Waals surface area contributed by atoms with Crippen molar-refractivity contribution in [2.75, 3.05) is 18.8 Å². The number of thioether (sulfide) groups is 1. The molecule has 2 aliphatic rings. The van der Waals surface area contributed by atoms with Crippen LogP contribution in [0.3, 0.4) is 0 Å². The van der Waals surface area contributed by atoms with E-state index >= 15 is 0 Å². The van der Waals surface area contributed by atoms with Crippen molar-refractivity contribution in [1.29, 1.82) is 0 Å². The van der Waals surface area contributed by atoms with Crippen LogP contribution in [0, 0.1) is 5.82 Å². The molecule has 1 fully saturated rings. The molecule has 1 amide bonds. The van der Waals surface area contributed by atoms with E-state index in [4.69, 9.17) is 9.47 Å². The Morgan fingerprint density at radius 1 is 1.07 bits per heavy atom. The first-order valence-corrected chi connectivity index (χ1v) is 10.3. The van der Waals surface area contributed by atoms with E-state index in [1.165, 1.54) is 6.07 Å². The van der Waals surface area contributed by atoms with E-state index < -0.39 is 6.10 Å². The summed E-state index contributed by atoms with van der Waals surface area (Å²) in [5, 5.41) is 0.0608. The van der Waals surface area contributed by atoms with Crippen LogP contribution in [-0.2, 0) is 4.79 Å². The maximum Gasteiger partial charge on any atom is 0.267 e. The number of para-hydroxylation sites is 2. The van der Waals surface area contributed by atoms with Crippen molar-refractivity contribution in [3.63, 3.8) is 0 Å². The van der Waals surface area contributed by atoms with Gasteiger partial charge >= 0.3 is 0 Å².